The number of fused-ring (bicyclic) bond motifs is 1. The van der Waals surface area contributed by atoms with Crippen molar-refractivity contribution in [2.75, 3.05) is 5.32 Å². The van der Waals surface area contributed by atoms with Gasteiger partial charge in [0.2, 0.25) is 0 Å². The molecule has 27 heavy (non-hydrogen) atoms. The Morgan fingerprint density at radius 3 is 2.81 bits per heavy atom. The molecule has 0 bridgehead atoms. The summed E-state index contributed by atoms with van der Waals surface area (Å²) < 4.78 is 0. The van der Waals surface area contributed by atoms with E-state index in [0.717, 1.165) is 42.0 Å². The number of nitrogens with one attached hydrogen (secondary N) is 1. The molecule has 2 unspecified atom stereocenters. The minimum atomic E-state index is -0.262. The molecule has 0 aliphatic heterocycles. The molecule has 3 N–H and O–H groups in total. The van der Waals surface area contributed by atoms with E-state index in [4.69, 9.17) is 0 Å². The second kappa shape index (κ2) is 7.48. The number of rotatable bonds is 4. The second-order valence-corrected chi connectivity index (χ2v) is 7.19. The summed E-state index contributed by atoms with van der Waals surface area (Å²) in [5.41, 5.74) is 2.38. The van der Waals surface area contributed by atoms with Crippen LogP contribution < -0.4 is 5.32 Å². The number of phenolic OH excluding ortho intramolecular Hbond substituents is 1. The number of aryl methyl sites for hydroxylation is 1. The summed E-state index contributed by atoms with van der Waals surface area (Å²) in [5.74, 6) is 0.878. The third-order valence-electron chi connectivity index (χ3n) is 5.29. The average molecular weight is 364 g/mol. The number of pyridine rings is 1. The Morgan fingerprint density at radius 2 is 2.04 bits per heavy atom. The smallest absolute Gasteiger partial charge is 0.158 e. The molecule has 140 valence electrons. The molecule has 2 aromatic heterocycles. The van der Waals surface area contributed by atoms with Crippen molar-refractivity contribution in [3.63, 3.8) is 0 Å². The van der Waals surface area contributed by atoms with Crippen LogP contribution in [0.1, 0.15) is 38.2 Å². The SMILES string of the molecule is CCc1ccc(-c2nnc(NC3CCCC(O)C3)c3cnccc23)c(O)c1. The Morgan fingerprint density at radius 1 is 1.15 bits per heavy atom. The summed E-state index contributed by atoms with van der Waals surface area (Å²) >= 11 is 0. The number of nitrogens with zero attached hydrogens (tertiary/aromatic N) is 3. The van der Waals surface area contributed by atoms with Crippen molar-refractivity contribution >= 4 is 16.6 Å². The molecule has 2 atom stereocenters. The molecule has 1 saturated carbocycles. The van der Waals surface area contributed by atoms with Gasteiger partial charge in [0.05, 0.1) is 6.10 Å². The molecule has 0 amide bonds. The van der Waals surface area contributed by atoms with Gasteiger partial charge in [-0.25, -0.2) is 0 Å². The lowest BCUT2D eigenvalue weighted by molar-refractivity contribution is 0.124. The van der Waals surface area contributed by atoms with Crippen molar-refractivity contribution in [1.29, 1.82) is 0 Å². The van der Waals surface area contributed by atoms with E-state index in [2.05, 4.69) is 27.4 Å². The van der Waals surface area contributed by atoms with Crippen molar-refractivity contribution in [3.8, 4) is 17.0 Å². The van der Waals surface area contributed by atoms with Crippen LogP contribution in [0.15, 0.2) is 36.7 Å². The lowest BCUT2D eigenvalue weighted by atomic mass is 9.93. The summed E-state index contributed by atoms with van der Waals surface area (Å²) in [6.45, 7) is 2.05. The lowest BCUT2D eigenvalue weighted by Crippen LogP contribution is -2.30. The van der Waals surface area contributed by atoms with E-state index in [1.807, 2.05) is 18.2 Å². The highest BCUT2D eigenvalue weighted by molar-refractivity contribution is 6.00. The second-order valence-electron chi connectivity index (χ2n) is 7.19. The monoisotopic (exact) mass is 364 g/mol. The molecule has 1 aromatic carbocycles. The molecule has 1 fully saturated rings. The first-order valence-corrected chi connectivity index (χ1v) is 9.53. The minimum absolute atomic E-state index is 0.176. The van der Waals surface area contributed by atoms with Crippen LogP contribution in [0.25, 0.3) is 22.0 Å². The van der Waals surface area contributed by atoms with Crippen LogP contribution in [0.3, 0.4) is 0 Å². The molecular weight excluding hydrogens is 340 g/mol. The number of benzene rings is 1. The van der Waals surface area contributed by atoms with Gasteiger partial charge in [-0.05, 0) is 55.9 Å². The number of anilines is 1. The predicted molar refractivity (Wildman–Crippen MR) is 106 cm³/mol. The van der Waals surface area contributed by atoms with Crippen LogP contribution >= 0.6 is 0 Å². The summed E-state index contributed by atoms with van der Waals surface area (Å²) in [7, 11) is 0. The molecule has 0 saturated heterocycles. The van der Waals surface area contributed by atoms with Gasteiger partial charge in [-0.15, -0.1) is 10.2 Å². The fraction of sp³-hybridized carbons (Fsp3) is 0.381. The minimum Gasteiger partial charge on any atom is -0.507 e. The molecule has 4 rings (SSSR count). The third-order valence-corrected chi connectivity index (χ3v) is 5.29. The highest BCUT2D eigenvalue weighted by Crippen LogP contribution is 2.35. The van der Waals surface area contributed by atoms with E-state index in [9.17, 15) is 10.2 Å². The van der Waals surface area contributed by atoms with Crippen LogP contribution in [0.5, 0.6) is 5.75 Å². The van der Waals surface area contributed by atoms with Crippen LogP contribution in [0, 0.1) is 0 Å². The molecule has 6 heteroatoms. The number of hydrogen-bond donors (Lipinski definition) is 3. The zero-order valence-corrected chi connectivity index (χ0v) is 15.4. The average Bonchev–Trinajstić information content (AvgIpc) is 2.68. The highest BCUT2D eigenvalue weighted by Gasteiger charge is 2.22. The van der Waals surface area contributed by atoms with E-state index in [0.29, 0.717) is 23.5 Å². The maximum atomic E-state index is 10.5. The molecule has 6 nitrogen and oxygen atoms in total. The Bertz CT molecular complexity index is 960. The number of aliphatic hydroxyl groups excluding tert-OH is 1. The summed E-state index contributed by atoms with van der Waals surface area (Å²) in [6.07, 6.45) is 7.66. The summed E-state index contributed by atoms with van der Waals surface area (Å²) in [5, 5.41) is 34.4. The van der Waals surface area contributed by atoms with Gasteiger partial charge in [-0.2, -0.15) is 0 Å². The van der Waals surface area contributed by atoms with Crippen LogP contribution in [-0.4, -0.2) is 37.5 Å². The zero-order valence-electron chi connectivity index (χ0n) is 15.4. The fourth-order valence-corrected chi connectivity index (χ4v) is 3.79. The van der Waals surface area contributed by atoms with Crippen molar-refractivity contribution in [2.24, 2.45) is 0 Å². The van der Waals surface area contributed by atoms with Crippen molar-refractivity contribution < 1.29 is 10.2 Å². The van der Waals surface area contributed by atoms with Gasteiger partial charge in [-0.1, -0.05) is 13.0 Å². The van der Waals surface area contributed by atoms with Crippen LogP contribution in [-0.2, 0) is 6.42 Å². The van der Waals surface area contributed by atoms with E-state index < -0.39 is 0 Å². The third kappa shape index (κ3) is 3.57. The fourth-order valence-electron chi connectivity index (χ4n) is 3.79. The quantitative estimate of drug-likeness (QED) is 0.654. The Hall–Kier alpha value is -2.73. The van der Waals surface area contributed by atoms with Crippen LogP contribution in [0.4, 0.5) is 5.82 Å². The normalized spacial score (nSPS) is 19.9. The Kier molecular flexibility index (Phi) is 4.90. The van der Waals surface area contributed by atoms with Crippen molar-refractivity contribution in [1.82, 2.24) is 15.2 Å². The number of aromatic hydroxyl groups is 1. The standard InChI is InChI=1S/C21H24N4O2/c1-2-13-6-7-17(19(27)10-13)20-16-8-9-22-12-18(16)21(25-24-20)23-14-4-3-5-15(26)11-14/h6-10,12,14-15,26-27H,2-5,11H2,1H3,(H,23,25). The first-order chi connectivity index (χ1) is 13.2. The van der Waals surface area contributed by atoms with E-state index in [1.54, 1.807) is 18.5 Å². The number of phenols is 1. The largest absolute Gasteiger partial charge is 0.507 e. The zero-order chi connectivity index (χ0) is 18.8. The first-order valence-electron chi connectivity index (χ1n) is 9.53. The van der Waals surface area contributed by atoms with Gasteiger partial charge in [0.15, 0.2) is 5.82 Å². The molecule has 3 aromatic rings. The lowest BCUT2D eigenvalue weighted by Gasteiger charge is -2.27. The van der Waals surface area contributed by atoms with Crippen molar-refractivity contribution in [2.45, 2.75) is 51.2 Å². The highest BCUT2D eigenvalue weighted by atomic mass is 16.3. The van der Waals surface area contributed by atoms with Crippen LogP contribution in [0.2, 0.25) is 0 Å². The summed E-state index contributed by atoms with van der Waals surface area (Å²) in [4.78, 5) is 4.25. The first kappa shape index (κ1) is 17.7. The number of aliphatic hydroxyl groups is 1. The topological polar surface area (TPSA) is 91.2 Å². The Labute approximate surface area is 158 Å². The van der Waals surface area contributed by atoms with Crippen molar-refractivity contribution in [3.05, 3.63) is 42.2 Å². The van der Waals surface area contributed by atoms with Gasteiger partial charge in [0.25, 0.3) is 0 Å². The number of hydrogen-bond acceptors (Lipinski definition) is 6. The molecule has 0 spiro atoms. The Balaban J connectivity index is 1.74. The maximum absolute atomic E-state index is 10.5. The molecular formula is C21H24N4O2. The van der Waals surface area contributed by atoms with Gasteiger partial charge < -0.3 is 15.5 Å². The molecule has 1 aliphatic carbocycles. The van der Waals surface area contributed by atoms with Gasteiger partial charge in [0.1, 0.15) is 11.4 Å². The predicted octanol–water partition coefficient (Wildman–Crippen LogP) is 3.68. The molecule has 1 aliphatic rings. The van der Waals surface area contributed by atoms with E-state index in [1.165, 1.54) is 0 Å². The van der Waals surface area contributed by atoms with Gasteiger partial charge >= 0.3 is 0 Å². The van der Waals surface area contributed by atoms with E-state index >= 15 is 0 Å². The van der Waals surface area contributed by atoms with E-state index in [-0.39, 0.29) is 17.9 Å². The van der Waals surface area contributed by atoms with Gasteiger partial charge in [-0.3, -0.25) is 4.98 Å². The van der Waals surface area contributed by atoms with Gasteiger partial charge in [0, 0.05) is 34.8 Å². The number of aromatic nitrogens is 3. The maximum Gasteiger partial charge on any atom is 0.158 e. The molecule has 0 radical (unpaired) electrons. The molecule has 2 heterocycles. The summed E-state index contributed by atoms with van der Waals surface area (Å²) in [6, 6.07) is 7.74.